The second kappa shape index (κ2) is 9.00. The Morgan fingerprint density at radius 1 is 1.08 bits per heavy atom. The van der Waals surface area contributed by atoms with Crippen LogP contribution in [0.25, 0.3) is 21.2 Å². The third-order valence-electron chi connectivity index (χ3n) is 6.39. The van der Waals surface area contributed by atoms with Gasteiger partial charge in [-0.25, -0.2) is 9.37 Å². The number of ether oxygens (including phenoxy) is 2. The molecule has 1 N–H and O–H groups in total. The zero-order valence-corrected chi connectivity index (χ0v) is 20.9. The first-order valence-electron chi connectivity index (χ1n) is 11.5. The lowest BCUT2D eigenvalue weighted by Gasteiger charge is -2.24. The fourth-order valence-corrected chi connectivity index (χ4v) is 5.61. The van der Waals surface area contributed by atoms with Crippen LogP contribution in [0, 0.1) is 5.82 Å². The molecule has 38 heavy (non-hydrogen) atoms. The third-order valence-corrected chi connectivity index (χ3v) is 7.41. The number of carbonyl (C=O) groups excluding carboxylic acids is 2. The highest BCUT2D eigenvalue weighted by atomic mass is 32.1. The average Bonchev–Trinajstić information content (AvgIpc) is 3.62. The van der Waals surface area contributed by atoms with Gasteiger partial charge in [-0.1, -0.05) is 41.7 Å². The molecule has 3 aromatic carbocycles. The van der Waals surface area contributed by atoms with Gasteiger partial charge in [0, 0.05) is 10.9 Å². The van der Waals surface area contributed by atoms with Gasteiger partial charge in [0.2, 0.25) is 5.78 Å². The van der Waals surface area contributed by atoms with Crippen LogP contribution in [-0.4, -0.2) is 36.0 Å². The lowest BCUT2D eigenvalue weighted by atomic mass is 9.95. The minimum Gasteiger partial charge on any atom is -0.503 e. The summed E-state index contributed by atoms with van der Waals surface area (Å²) in [6.07, 6.45) is 0. The number of furan rings is 1. The molecule has 2 aromatic heterocycles. The summed E-state index contributed by atoms with van der Waals surface area (Å²) in [5.74, 6) is -2.19. The summed E-state index contributed by atoms with van der Waals surface area (Å²) in [4.78, 5) is 32.9. The number of hydrogen-bond acceptors (Lipinski definition) is 8. The van der Waals surface area contributed by atoms with Crippen molar-refractivity contribution in [3.05, 3.63) is 95.2 Å². The number of aliphatic hydroxyl groups is 1. The van der Waals surface area contributed by atoms with E-state index in [-0.39, 0.29) is 22.0 Å². The van der Waals surface area contributed by atoms with Gasteiger partial charge in [-0.15, -0.1) is 0 Å². The molecule has 0 aliphatic carbocycles. The summed E-state index contributed by atoms with van der Waals surface area (Å²) in [7, 11) is 3.01. The third kappa shape index (κ3) is 3.60. The van der Waals surface area contributed by atoms with Gasteiger partial charge < -0.3 is 19.0 Å². The number of nitrogens with zero attached hydrogens (tertiary/aromatic N) is 2. The van der Waals surface area contributed by atoms with Crippen molar-refractivity contribution in [3.8, 4) is 11.5 Å². The lowest BCUT2D eigenvalue weighted by Crippen LogP contribution is -2.31. The Bertz CT molecular complexity index is 1790. The van der Waals surface area contributed by atoms with Crippen molar-refractivity contribution < 1.29 is 33.0 Å². The van der Waals surface area contributed by atoms with Crippen LogP contribution in [0.2, 0.25) is 0 Å². The number of thiazole rings is 1. The van der Waals surface area contributed by atoms with Crippen molar-refractivity contribution in [1.82, 2.24) is 4.98 Å². The van der Waals surface area contributed by atoms with Gasteiger partial charge in [-0.2, -0.15) is 0 Å². The van der Waals surface area contributed by atoms with Crippen LogP contribution < -0.4 is 14.4 Å². The quantitative estimate of drug-likeness (QED) is 0.269. The number of halogens is 1. The van der Waals surface area contributed by atoms with Crippen LogP contribution in [0.5, 0.6) is 11.5 Å². The van der Waals surface area contributed by atoms with Crippen molar-refractivity contribution in [2.75, 3.05) is 19.1 Å². The molecule has 10 heteroatoms. The predicted molar refractivity (Wildman–Crippen MR) is 140 cm³/mol. The number of carbonyl (C=O) groups is 2. The van der Waals surface area contributed by atoms with E-state index in [0.29, 0.717) is 32.7 Å². The zero-order valence-electron chi connectivity index (χ0n) is 20.1. The summed E-state index contributed by atoms with van der Waals surface area (Å²) < 4.78 is 32.3. The van der Waals surface area contributed by atoms with Crippen LogP contribution in [0.4, 0.5) is 9.52 Å². The molecule has 0 saturated heterocycles. The summed E-state index contributed by atoms with van der Waals surface area (Å²) in [5.41, 5.74) is 0.630. The number of amides is 1. The summed E-state index contributed by atoms with van der Waals surface area (Å²) in [6, 6.07) is 16.4. The van der Waals surface area contributed by atoms with E-state index in [9.17, 15) is 14.7 Å². The number of aromatic nitrogens is 1. The molecule has 1 unspecified atom stereocenters. The number of anilines is 1. The Morgan fingerprint density at radius 2 is 1.89 bits per heavy atom. The van der Waals surface area contributed by atoms with E-state index in [0.717, 1.165) is 16.2 Å². The molecule has 190 valence electrons. The molecule has 5 aromatic rings. The smallest absolute Gasteiger partial charge is 0.296 e. The number of benzene rings is 3. The van der Waals surface area contributed by atoms with Crippen molar-refractivity contribution in [2.45, 2.75) is 6.04 Å². The van der Waals surface area contributed by atoms with Gasteiger partial charge in [0.15, 0.2) is 28.0 Å². The largest absolute Gasteiger partial charge is 0.503 e. The topological polar surface area (TPSA) is 102 Å². The van der Waals surface area contributed by atoms with Gasteiger partial charge in [0.1, 0.15) is 17.6 Å². The number of fused-ring (bicyclic) bond motifs is 2. The van der Waals surface area contributed by atoms with E-state index in [4.69, 9.17) is 13.9 Å². The highest BCUT2D eigenvalue weighted by Crippen LogP contribution is 2.45. The summed E-state index contributed by atoms with van der Waals surface area (Å²) >= 11 is 1.15. The van der Waals surface area contributed by atoms with Gasteiger partial charge in [-0.3, -0.25) is 14.5 Å². The van der Waals surface area contributed by atoms with Gasteiger partial charge in [-0.05, 0) is 36.4 Å². The van der Waals surface area contributed by atoms with Crippen LogP contribution in [-0.2, 0) is 4.79 Å². The number of rotatable bonds is 6. The second-order valence-electron chi connectivity index (χ2n) is 8.51. The van der Waals surface area contributed by atoms with Crippen LogP contribution >= 0.6 is 11.3 Å². The number of methoxy groups -OCH3 is 2. The molecule has 1 aliphatic rings. The van der Waals surface area contributed by atoms with Crippen LogP contribution in [0.3, 0.4) is 0 Å². The molecule has 0 spiro atoms. The molecule has 0 fully saturated rings. The molecule has 8 nitrogen and oxygen atoms in total. The summed E-state index contributed by atoms with van der Waals surface area (Å²) in [5, 5.41) is 11.8. The molecule has 1 aliphatic heterocycles. The normalized spacial score (nSPS) is 15.6. The molecule has 1 amide bonds. The van der Waals surface area contributed by atoms with Crippen molar-refractivity contribution in [3.63, 3.8) is 0 Å². The number of ketones is 1. The Balaban J connectivity index is 1.51. The first-order chi connectivity index (χ1) is 18.4. The van der Waals surface area contributed by atoms with E-state index >= 15 is 4.39 Å². The van der Waals surface area contributed by atoms with Gasteiger partial charge in [0.25, 0.3) is 5.91 Å². The Labute approximate surface area is 219 Å². The number of hydrogen-bond donors (Lipinski definition) is 1. The minimum atomic E-state index is -1.28. The monoisotopic (exact) mass is 530 g/mol. The van der Waals surface area contributed by atoms with E-state index in [2.05, 4.69) is 4.98 Å². The molecule has 0 bridgehead atoms. The summed E-state index contributed by atoms with van der Waals surface area (Å²) in [6.45, 7) is 0. The molecule has 1 atom stereocenters. The maximum Gasteiger partial charge on any atom is 0.296 e. The van der Waals surface area contributed by atoms with E-state index < -0.39 is 29.3 Å². The standard InChI is InChI=1S/C28H19FN2O6S/c1-35-15-10-11-18-21(13-15)38-28(30-18)31-23(16-7-3-4-8-17(16)29)22(25(33)27(31)34)24(32)20-12-14-6-5-9-19(36-2)26(14)37-20/h3-13,23,33H,1-2H3. The highest BCUT2D eigenvalue weighted by molar-refractivity contribution is 7.22. The Morgan fingerprint density at radius 3 is 2.66 bits per heavy atom. The van der Waals surface area contributed by atoms with Crippen molar-refractivity contribution in [1.29, 1.82) is 0 Å². The van der Waals surface area contributed by atoms with E-state index in [1.165, 1.54) is 38.5 Å². The fraction of sp³-hybridized carbons (Fsp3) is 0.107. The van der Waals surface area contributed by atoms with Crippen molar-refractivity contribution in [2.24, 2.45) is 0 Å². The molecule has 6 rings (SSSR count). The average molecular weight is 531 g/mol. The molecule has 3 heterocycles. The number of para-hydroxylation sites is 1. The van der Waals surface area contributed by atoms with Crippen LogP contribution in [0.15, 0.2) is 82.5 Å². The highest BCUT2D eigenvalue weighted by Gasteiger charge is 2.47. The predicted octanol–water partition coefficient (Wildman–Crippen LogP) is 5.98. The number of aliphatic hydroxyl groups excluding tert-OH is 1. The zero-order chi connectivity index (χ0) is 26.6. The van der Waals surface area contributed by atoms with E-state index in [1.54, 1.807) is 42.5 Å². The molecule has 0 saturated carbocycles. The minimum absolute atomic E-state index is 0.0266. The first kappa shape index (κ1) is 23.7. The van der Waals surface area contributed by atoms with Crippen LogP contribution in [0.1, 0.15) is 22.2 Å². The molecular weight excluding hydrogens is 511 g/mol. The second-order valence-corrected chi connectivity index (χ2v) is 9.52. The van der Waals surface area contributed by atoms with E-state index in [1.807, 2.05) is 0 Å². The molecular formula is C28H19FN2O6S. The number of Topliss-reactive ketones (excluding diaryl/α,β-unsaturated/α-hetero) is 1. The molecule has 0 radical (unpaired) electrons. The maximum atomic E-state index is 15.2. The Kier molecular flexibility index (Phi) is 5.61. The maximum absolute atomic E-state index is 15.2. The fourth-order valence-electron chi connectivity index (χ4n) is 4.59. The lowest BCUT2D eigenvalue weighted by molar-refractivity contribution is -0.117. The van der Waals surface area contributed by atoms with Gasteiger partial charge >= 0.3 is 0 Å². The first-order valence-corrected chi connectivity index (χ1v) is 12.3. The Hall–Kier alpha value is -4.70. The SMILES string of the molecule is COc1ccc2nc(N3C(=O)C(O)=C(C(=O)c4cc5cccc(OC)c5o4)C3c3ccccc3F)sc2c1. The van der Waals surface area contributed by atoms with Crippen molar-refractivity contribution >= 4 is 49.3 Å². The van der Waals surface area contributed by atoms with Gasteiger partial charge in [0.05, 0.1) is 30.0 Å².